The lowest BCUT2D eigenvalue weighted by Gasteiger charge is -2.46. The Kier molecular flexibility index (Phi) is 6.01. The Bertz CT molecular complexity index is 1050. The number of carbonyl (C=O) groups is 2. The second kappa shape index (κ2) is 8.20. The van der Waals surface area contributed by atoms with Gasteiger partial charge in [-0.05, 0) is 49.6 Å². The van der Waals surface area contributed by atoms with Crippen molar-refractivity contribution in [3.05, 3.63) is 65.2 Å². The maximum absolute atomic E-state index is 13.3. The lowest BCUT2D eigenvalue weighted by molar-refractivity contribution is -0.133. The van der Waals surface area contributed by atoms with Gasteiger partial charge in [0.2, 0.25) is 21.8 Å². The fourth-order valence-electron chi connectivity index (χ4n) is 3.85. The number of anilines is 1. The molecule has 1 aliphatic heterocycles. The summed E-state index contributed by atoms with van der Waals surface area (Å²) in [4.78, 5) is 27.9. The number of nitrogens with one attached hydrogen (secondary N) is 1. The van der Waals surface area contributed by atoms with Crippen LogP contribution in [0.1, 0.15) is 23.6 Å². The molecule has 0 saturated carbocycles. The molecule has 1 N–H and O–H groups in total. The van der Waals surface area contributed by atoms with Crippen molar-refractivity contribution in [3.8, 4) is 0 Å². The molecule has 1 fully saturated rings. The molecule has 1 heterocycles. The van der Waals surface area contributed by atoms with E-state index in [1.54, 1.807) is 6.92 Å². The van der Waals surface area contributed by atoms with Crippen molar-refractivity contribution < 1.29 is 18.0 Å². The molecule has 0 aromatic heterocycles. The van der Waals surface area contributed by atoms with Crippen LogP contribution in [-0.2, 0) is 26.2 Å². The van der Waals surface area contributed by atoms with Gasteiger partial charge in [-0.3, -0.25) is 14.5 Å². The molecule has 3 rings (SSSR count). The van der Waals surface area contributed by atoms with Gasteiger partial charge >= 0.3 is 0 Å². The maximum atomic E-state index is 13.3. The molecule has 30 heavy (non-hydrogen) atoms. The predicted octanol–water partition coefficient (Wildman–Crippen LogP) is 1.99. The molecule has 1 unspecified atom stereocenters. The summed E-state index contributed by atoms with van der Waals surface area (Å²) in [6.07, 6.45) is 1.05. The maximum Gasteiger partial charge on any atom is 0.247 e. The number of carbonyl (C=O) groups excluding carboxylic acids is 2. The number of aryl methyl sites for hydroxylation is 2. The summed E-state index contributed by atoms with van der Waals surface area (Å²) in [5.41, 5.74) is 2.01. The molecule has 1 aliphatic rings. The Labute approximate surface area is 177 Å². The minimum Gasteiger partial charge on any atom is -0.350 e. The van der Waals surface area contributed by atoms with Gasteiger partial charge in [0.1, 0.15) is 5.54 Å². The monoisotopic (exact) mass is 429 g/mol. The number of rotatable bonds is 5. The molecule has 160 valence electrons. The van der Waals surface area contributed by atoms with Gasteiger partial charge in [0, 0.05) is 18.8 Å². The minimum absolute atomic E-state index is 0.120. The zero-order chi connectivity index (χ0) is 22.1. The molecule has 2 aromatic rings. The highest BCUT2D eigenvalue weighted by Crippen LogP contribution is 2.32. The number of sulfonamides is 1. The molecule has 1 saturated heterocycles. The smallest absolute Gasteiger partial charge is 0.247 e. The van der Waals surface area contributed by atoms with E-state index in [1.165, 1.54) is 4.90 Å². The summed E-state index contributed by atoms with van der Waals surface area (Å²) < 4.78 is 25.5. The number of piperazine rings is 1. The van der Waals surface area contributed by atoms with Gasteiger partial charge in [0.15, 0.2) is 0 Å². The van der Waals surface area contributed by atoms with E-state index in [1.807, 2.05) is 62.4 Å². The van der Waals surface area contributed by atoms with Crippen LogP contribution in [0.4, 0.5) is 5.69 Å². The van der Waals surface area contributed by atoms with Crippen molar-refractivity contribution >= 4 is 27.5 Å². The summed E-state index contributed by atoms with van der Waals surface area (Å²) in [5.74, 6) is -0.846. The van der Waals surface area contributed by atoms with Crippen molar-refractivity contribution in [2.45, 2.75) is 32.9 Å². The SMILES string of the molecule is Cc1cc(C)cc(N2C(=O)CN(S(C)(=O)=O)CC2(C)C(=O)NCc2ccccc2)c1. The van der Waals surface area contributed by atoms with Crippen LogP contribution >= 0.6 is 0 Å². The summed E-state index contributed by atoms with van der Waals surface area (Å²) in [5, 5.41) is 2.88. The van der Waals surface area contributed by atoms with Crippen molar-refractivity contribution in [2.24, 2.45) is 0 Å². The second-order valence-corrected chi connectivity index (χ2v) is 10.0. The van der Waals surface area contributed by atoms with E-state index < -0.39 is 27.4 Å². The van der Waals surface area contributed by atoms with Crippen LogP contribution in [0.5, 0.6) is 0 Å². The highest BCUT2D eigenvalue weighted by molar-refractivity contribution is 7.88. The standard InChI is InChI=1S/C22H27N3O4S/c1-16-10-17(2)12-19(11-16)25-20(26)14-24(30(4,28)29)15-22(25,3)21(27)23-13-18-8-6-5-7-9-18/h5-12H,13-15H2,1-4H3,(H,23,27). The molecular formula is C22H27N3O4S. The summed E-state index contributed by atoms with van der Waals surface area (Å²) in [6, 6.07) is 15.1. The molecule has 2 aromatic carbocycles. The third kappa shape index (κ3) is 4.55. The normalized spacial score (nSPS) is 20.3. The number of amides is 2. The van der Waals surface area contributed by atoms with Crippen molar-refractivity contribution in [1.29, 1.82) is 0 Å². The van der Waals surface area contributed by atoms with Crippen LogP contribution in [-0.4, -0.2) is 49.4 Å². The third-order valence-electron chi connectivity index (χ3n) is 5.26. The fourth-order valence-corrected chi connectivity index (χ4v) is 4.68. The van der Waals surface area contributed by atoms with Crippen LogP contribution in [0.3, 0.4) is 0 Å². The number of hydrogen-bond donors (Lipinski definition) is 1. The first-order valence-electron chi connectivity index (χ1n) is 9.69. The second-order valence-electron chi connectivity index (χ2n) is 8.05. The van der Waals surface area contributed by atoms with E-state index in [4.69, 9.17) is 0 Å². The van der Waals surface area contributed by atoms with E-state index in [0.717, 1.165) is 27.3 Å². The number of nitrogens with zero attached hydrogens (tertiary/aromatic N) is 2. The number of benzene rings is 2. The van der Waals surface area contributed by atoms with Gasteiger partial charge in [-0.1, -0.05) is 36.4 Å². The first-order valence-corrected chi connectivity index (χ1v) is 11.5. The van der Waals surface area contributed by atoms with Crippen molar-refractivity contribution in [1.82, 2.24) is 9.62 Å². The average molecular weight is 430 g/mol. The molecule has 0 radical (unpaired) electrons. The summed E-state index contributed by atoms with van der Waals surface area (Å²) in [6.45, 7) is 5.31. The van der Waals surface area contributed by atoms with Crippen LogP contribution < -0.4 is 10.2 Å². The Morgan fingerprint density at radius 1 is 1.10 bits per heavy atom. The number of hydrogen-bond acceptors (Lipinski definition) is 4. The van der Waals surface area contributed by atoms with E-state index in [2.05, 4.69) is 5.32 Å². The highest BCUT2D eigenvalue weighted by atomic mass is 32.2. The first kappa shape index (κ1) is 22.0. The Morgan fingerprint density at radius 2 is 1.70 bits per heavy atom. The van der Waals surface area contributed by atoms with Crippen LogP contribution in [0, 0.1) is 13.8 Å². The van der Waals surface area contributed by atoms with Crippen LogP contribution in [0.25, 0.3) is 0 Å². The predicted molar refractivity (Wildman–Crippen MR) is 117 cm³/mol. The van der Waals surface area contributed by atoms with Crippen molar-refractivity contribution in [3.63, 3.8) is 0 Å². The lowest BCUT2D eigenvalue weighted by Crippen LogP contribution is -2.70. The highest BCUT2D eigenvalue weighted by Gasteiger charge is 2.50. The molecular weight excluding hydrogens is 402 g/mol. The molecule has 1 atom stereocenters. The zero-order valence-electron chi connectivity index (χ0n) is 17.7. The van der Waals surface area contributed by atoms with Crippen LogP contribution in [0.15, 0.2) is 48.5 Å². The first-order chi connectivity index (χ1) is 14.0. The quantitative estimate of drug-likeness (QED) is 0.788. The molecule has 7 nitrogen and oxygen atoms in total. The molecule has 0 spiro atoms. The van der Waals surface area contributed by atoms with E-state index in [0.29, 0.717) is 5.69 Å². The topological polar surface area (TPSA) is 86.8 Å². The Morgan fingerprint density at radius 3 is 2.27 bits per heavy atom. The van der Waals surface area contributed by atoms with Gasteiger partial charge in [0.25, 0.3) is 0 Å². The molecule has 0 aliphatic carbocycles. The van der Waals surface area contributed by atoms with Crippen LogP contribution in [0.2, 0.25) is 0 Å². The Balaban J connectivity index is 2.00. The zero-order valence-corrected chi connectivity index (χ0v) is 18.5. The fraction of sp³-hybridized carbons (Fsp3) is 0.364. The van der Waals surface area contributed by atoms with Gasteiger partial charge in [-0.2, -0.15) is 4.31 Å². The lowest BCUT2D eigenvalue weighted by atomic mass is 9.93. The largest absolute Gasteiger partial charge is 0.350 e. The summed E-state index contributed by atoms with van der Waals surface area (Å²) in [7, 11) is -3.65. The van der Waals surface area contributed by atoms with Gasteiger partial charge in [0.05, 0.1) is 12.8 Å². The minimum atomic E-state index is -3.65. The Hall–Kier alpha value is -2.71. The van der Waals surface area contributed by atoms with E-state index >= 15 is 0 Å². The van der Waals surface area contributed by atoms with E-state index in [9.17, 15) is 18.0 Å². The van der Waals surface area contributed by atoms with Gasteiger partial charge in [-0.15, -0.1) is 0 Å². The third-order valence-corrected chi connectivity index (χ3v) is 6.45. The molecule has 8 heteroatoms. The molecule has 0 bridgehead atoms. The molecule has 2 amide bonds. The summed E-state index contributed by atoms with van der Waals surface area (Å²) >= 11 is 0. The van der Waals surface area contributed by atoms with Crippen molar-refractivity contribution in [2.75, 3.05) is 24.2 Å². The average Bonchev–Trinajstić information content (AvgIpc) is 2.65. The van der Waals surface area contributed by atoms with E-state index in [-0.39, 0.29) is 19.6 Å². The van der Waals surface area contributed by atoms with Gasteiger partial charge in [-0.25, -0.2) is 8.42 Å². The van der Waals surface area contributed by atoms with Gasteiger partial charge < -0.3 is 5.32 Å².